The van der Waals surface area contributed by atoms with Crippen LogP contribution in [0.15, 0.2) is 17.2 Å². The minimum Gasteiger partial charge on any atom is -0.466 e. The molecule has 2 aromatic rings. The molecule has 7 nitrogen and oxygen atoms in total. The number of rotatable bonds is 9. The summed E-state index contributed by atoms with van der Waals surface area (Å²) >= 11 is 1.25. The van der Waals surface area contributed by atoms with Gasteiger partial charge in [-0.05, 0) is 45.7 Å². The van der Waals surface area contributed by atoms with Gasteiger partial charge in [-0.1, -0.05) is 6.07 Å². The van der Waals surface area contributed by atoms with Crippen LogP contribution in [0.25, 0.3) is 5.52 Å². The number of carbonyl (C=O) groups is 3. The van der Waals surface area contributed by atoms with Crippen molar-refractivity contribution in [2.24, 2.45) is 0 Å². The molecule has 8 heteroatoms. The van der Waals surface area contributed by atoms with Crippen molar-refractivity contribution >= 4 is 35.2 Å². The maximum Gasteiger partial charge on any atom is 0.356 e. The summed E-state index contributed by atoms with van der Waals surface area (Å²) in [6.45, 7) is 9.72. The van der Waals surface area contributed by atoms with Crippen LogP contribution < -0.4 is 0 Å². The van der Waals surface area contributed by atoms with Gasteiger partial charge in [0.05, 0.1) is 42.2 Å². The van der Waals surface area contributed by atoms with Gasteiger partial charge in [0, 0.05) is 11.9 Å². The predicted molar refractivity (Wildman–Crippen MR) is 111 cm³/mol. The lowest BCUT2D eigenvalue weighted by Crippen LogP contribution is -2.11. The van der Waals surface area contributed by atoms with Crippen molar-refractivity contribution in [2.45, 2.75) is 45.9 Å². The van der Waals surface area contributed by atoms with E-state index in [2.05, 4.69) is 0 Å². The third kappa shape index (κ3) is 5.12. The van der Waals surface area contributed by atoms with Crippen LogP contribution in [0.2, 0.25) is 0 Å². The molecule has 0 radical (unpaired) electrons. The lowest BCUT2D eigenvalue weighted by atomic mass is 10.1. The number of hydrogen-bond donors (Lipinski definition) is 0. The van der Waals surface area contributed by atoms with Crippen LogP contribution in [-0.2, 0) is 19.0 Å². The van der Waals surface area contributed by atoms with Crippen LogP contribution in [0.5, 0.6) is 0 Å². The molecule has 2 aromatic heterocycles. The Morgan fingerprint density at radius 2 is 1.59 bits per heavy atom. The molecular formula is C21H27NO6S. The maximum atomic E-state index is 12.8. The van der Waals surface area contributed by atoms with Crippen molar-refractivity contribution in [3.05, 3.63) is 34.6 Å². The zero-order valence-electron chi connectivity index (χ0n) is 17.5. The predicted octanol–water partition coefficient (Wildman–Crippen LogP) is 3.95. The minimum absolute atomic E-state index is 0.160. The second-order valence-electron chi connectivity index (χ2n) is 6.32. The Hall–Kier alpha value is -2.48. The smallest absolute Gasteiger partial charge is 0.356 e. The zero-order valence-corrected chi connectivity index (χ0v) is 18.3. The van der Waals surface area contributed by atoms with E-state index in [0.29, 0.717) is 28.3 Å². The number of thioether (sulfide) groups is 1. The second-order valence-corrected chi connectivity index (χ2v) is 7.42. The fourth-order valence-electron chi connectivity index (χ4n) is 3.13. The highest BCUT2D eigenvalue weighted by Crippen LogP contribution is 2.36. The first-order chi connectivity index (χ1) is 13.8. The first-order valence-corrected chi connectivity index (χ1v) is 10.6. The van der Waals surface area contributed by atoms with Gasteiger partial charge in [0.2, 0.25) is 0 Å². The Labute approximate surface area is 174 Å². The normalized spacial score (nSPS) is 10.8. The SMILES string of the molecule is CCOC(=O)CCSc1c(C(=O)OCC)c2c(C)cc(C)cn2c1C(=O)OCC. The standard InChI is InChI=1S/C21H27NO6S/c1-6-26-15(23)9-10-29-19-16(20(24)27-7-2)17-14(5)11-13(4)12-22(17)18(19)21(25)28-8-3/h11-12H,6-10H2,1-5H3. The summed E-state index contributed by atoms with van der Waals surface area (Å²) in [5, 5.41) is 0. The second kappa shape index (κ2) is 10.3. The number of esters is 3. The van der Waals surface area contributed by atoms with E-state index in [9.17, 15) is 14.4 Å². The van der Waals surface area contributed by atoms with Crippen molar-refractivity contribution in [3.8, 4) is 0 Å². The van der Waals surface area contributed by atoms with E-state index in [1.807, 2.05) is 19.9 Å². The van der Waals surface area contributed by atoms with Crippen molar-refractivity contribution < 1.29 is 28.6 Å². The quantitative estimate of drug-likeness (QED) is 0.344. The van der Waals surface area contributed by atoms with Crippen LogP contribution in [-0.4, -0.2) is 47.9 Å². The topological polar surface area (TPSA) is 83.3 Å². The number of nitrogens with zero attached hydrogens (tertiary/aromatic N) is 1. The molecular weight excluding hydrogens is 394 g/mol. The summed E-state index contributed by atoms with van der Waals surface area (Å²) in [6, 6.07) is 1.94. The first kappa shape index (κ1) is 22.8. The largest absolute Gasteiger partial charge is 0.466 e. The third-order valence-electron chi connectivity index (χ3n) is 4.12. The van der Waals surface area contributed by atoms with E-state index < -0.39 is 11.9 Å². The van der Waals surface area contributed by atoms with Gasteiger partial charge < -0.3 is 18.6 Å². The first-order valence-electron chi connectivity index (χ1n) is 9.63. The van der Waals surface area contributed by atoms with Gasteiger partial charge in [-0.15, -0.1) is 11.8 Å². The molecule has 0 unspecified atom stereocenters. The van der Waals surface area contributed by atoms with Gasteiger partial charge in [0.15, 0.2) is 0 Å². The number of aromatic nitrogens is 1. The molecule has 0 aromatic carbocycles. The molecule has 0 spiro atoms. The van der Waals surface area contributed by atoms with Crippen molar-refractivity contribution in [3.63, 3.8) is 0 Å². The number of fused-ring (bicyclic) bond motifs is 1. The summed E-state index contributed by atoms with van der Waals surface area (Å²) in [7, 11) is 0. The van der Waals surface area contributed by atoms with E-state index in [1.165, 1.54) is 11.8 Å². The Balaban J connectivity index is 2.65. The molecule has 0 amide bonds. The van der Waals surface area contributed by atoms with E-state index in [-0.39, 0.29) is 31.3 Å². The number of ether oxygens (including phenoxy) is 3. The molecule has 0 aliphatic rings. The molecule has 158 valence electrons. The molecule has 2 heterocycles. The van der Waals surface area contributed by atoms with Crippen LogP contribution >= 0.6 is 11.8 Å². The average Bonchev–Trinajstić information content (AvgIpc) is 2.96. The fraction of sp³-hybridized carbons (Fsp3) is 0.476. The summed E-state index contributed by atoms with van der Waals surface area (Å²) in [5.74, 6) is -1.01. The van der Waals surface area contributed by atoms with E-state index in [4.69, 9.17) is 14.2 Å². The molecule has 0 saturated heterocycles. The zero-order chi connectivity index (χ0) is 21.6. The Morgan fingerprint density at radius 1 is 0.966 bits per heavy atom. The Kier molecular flexibility index (Phi) is 8.13. The van der Waals surface area contributed by atoms with Crippen molar-refractivity contribution in [1.29, 1.82) is 0 Å². The maximum absolute atomic E-state index is 12.8. The van der Waals surface area contributed by atoms with Gasteiger partial charge in [0.1, 0.15) is 5.69 Å². The van der Waals surface area contributed by atoms with Gasteiger partial charge in [-0.25, -0.2) is 9.59 Å². The molecule has 0 bridgehead atoms. The molecule has 0 N–H and O–H groups in total. The highest BCUT2D eigenvalue weighted by molar-refractivity contribution is 7.99. The van der Waals surface area contributed by atoms with Gasteiger partial charge in [-0.3, -0.25) is 4.79 Å². The summed E-state index contributed by atoms with van der Waals surface area (Å²) in [6.07, 6.45) is 1.96. The Morgan fingerprint density at radius 3 is 2.21 bits per heavy atom. The number of hydrogen-bond acceptors (Lipinski definition) is 7. The van der Waals surface area contributed by atoms with Gasteiger partial charge >= 0.3 is 17.9 Å². The van der Waals surface area contributed by atoms with Crippen molar-refractivity contribution in [2.75, 3.05) is 25.6 Å². The monoisotopic (exact) mass is 421 g/mol. The summed E-state index contributed by atoms with van der Waals surface area (Å²) < 4.78 is 17.2. The number of pyridine rings is 1. The molecule has 29 heavy (non-hydrogen) atoms. The average molecular weight is 422 g/mol. The van der Waals surface area contributed by atoms with Crippen LogP contribution in [0.4, 0.5) is 0 Å². The minimum atomic E-state index is -0.526. The third-order valence-corrected chi connectivity index (χ3v) is 5.21. The van der Waals surface area contributed by atoms with Crippen LogP contribution in [0.1, 0.15) is 59.2 Å². The fourth-order valence-corrected chi connectivity index (χ4v) is 4.24. The molecule has 0 aliphatic carbocycles. The van der Waals surface area contributed by atoms with Gasteiger partial charge in [0.25, 0.3) is 0 Å². The highest BCUT2D eigenvalue weighted by Gasteiger charge is 2.30. The van der Waals surface area contributed by atoms with E-state index in [1.54, 1.807) is 31.4 Å². The lowest BCUT2D eigenvalue weighted by molar-refractivity contribution is -0.142. The van der Waals surface area contributed by atoms with E-state index in [0.717, 1.165) is 11.1 Å². The van der Waals surface area contributed by atoms with Crippen LogP contribution in [0.3, 0.4) is 0 Å². The van der Waals surface area contributed by atoms with E-state index >= 15 is 0 Å². The Bertz CT molecular complexity index is 918. The number of aryl methyl sites for hydroxylation is 2. The molecule has 0 atom stereocenters. The molecule has 0 aliphatic heterocycles. The van der Waals surface area contributed by atoms with Gasteiger partial charge in [-0.2, -0.15) is 0 Å². The summed E-state index contributed by atoms with van der Waals surface area (Å²) in [4.78, 5) is 37.8. The molecule has 0 fully saturated rings. The molecule has 2 rings (SSSR count). The number of carbonyl (C=O) groups excluding carboxylic acids is 3. The molecule has 0 saturated carbocycles. The highest BCUT2D eigenvalue weighted by atomic mass is 32.2. The van der Waals surface area contributed by atoms with Crippen LogP contribution in [0, 0.1) is 13.8 Å². The van der Waals surface area contributed by atoms with Crippen molar-refractivity contribution in [1.82, 2.24) is 4.40 Å². The lowest BCUT2D eigenvalue weighted by Gasteiger charge is -2.07. The summed E-state index contributed by atoms with van der Waals surface area (Å²) in [5.41, 5.74) is 2.98.